The van der Waals surface area contributed by atoms with Crippen LogP contribution in [0.15, 0.2) is 182 Å². The molecule has 0 aliphatic carbocycles. The fraction of sp³-hybridized carbons (Fsp3) is 0.0952. The summed E-state index contributed by atoms with van der Waals surface area (Å²) in [7, 11) is -2.02. The summed E-state index contributed by atoms with van der Waals surface area (Å²) in [6.07, 6.45) is 3.72. The van der Waals surface area contributed by atoms with Crippen LogP contribution in [0.25, 0.3) is 0 Å². The normalized spacial score (nSPS) is 10.5. The Kier molecular flexibility index (Phi) is 14.3. The molecule has 0 aliphatic rings. The van der Waals surface area contributed by atoms with Crippen molar-refractivity contribution in [3.05, 3.63) is 182 Å². The molecule has 0 saturated carbocycles. The van der Waals surface area contributed by atoms with Crippen LogP contribution in [0.1, 0.15) is 19.8 Å². The fourth-order valence-electron chi connectivity index (χ4n) is 5.46. The number of carbonyl (C=O) groups is 2. The number of rotatable bonds is 9. The van der Waals surface area contributed by atoms with E-state index in [2.05, 4.69) is 189 Å². The Hall–Kier alpha value is -4.88. The second-order valence-corrected chi connectivity index (χ2v) is 16.7. The fourth-order valence-corrected chi connectivity index (χ4v) is 12.3. The highest BCUT2D eigenvalue weighted by Gasteiger charge is 2.44. The zero-order valence-corrected chi connectivity index (χ0v) is 28.8. The highest BCUT2D eigenvalue weighted by molar-refractivity contribution is 7.95. The maximum Gasteiger partial charge on any atom is 0.351 e. The van der Waals surface area contributed by atoms with Gasteiger partial charge in [-0.1, -0.05) is 159 Å². The van der Waals surface area contributed by atoms with E-state index in [4.69, 9.17) is 19.8 Å². The molecular formula is C42H40O4P2. The Morgan fingerprint density at radius 2 is 0.771 bits per heavy atom. The average Bonchev–Trinajstić information content (AvgIpc) is 3.15. The summed E-state index contributed by atoms with van der Waals surface area (Å²) in [5, 5.41) is 25.0. The van der Waals surface area contributed by atoms with Gasteiger partial charge in [-0.15, -0.1) is 0 Å². The minimum absolute atomic E-state index is 0.446. The van der Waals surface area contributed by atoms with Crippen molar-refractivity contribution in [2.75, 3.05) is 6.16 Å². The van der Waals surface area contributed by atoms with Crippen molar-refractivity contribution in [1.82, 2.24) is 0 Å². The van der Waals surface area contributed by atoms with E-state index in [-0.39, 0.29) is 0 Å². The quantitative estimate of drug-likeness (QED) is 0.150. The van der Waals surface area contributed by atoms with E-state index in [0.29, 0.717) is 0 Å². The molecule has 0 amide bonds. The molecule has 0 saturated heterocycles. The summed E-state index contributed by atoms with van der Waals surface area (Å²) in [4.78, 5) is 18.0. The van der Waals surface area contributed by atoms with E-state index in [0.717, 1.165) is 0 Å². The predicted molar refractivity (Wildman–Crippen MR) is 203 cm³/mol. The molecular weight excluding hydrogens is 630 g/mol. The van der Waals surface area contributed by atoms with Crippen molar-refractivity contribution in [2.45, 2.75) is 19.8 Å². The summed E-state index contributed by atoms with van der Waals surface area (Å²) in [6, 6.07) is 65.7. The first kappa shape index (κ1) is 36.0. The first-order chi connectivity index (χ1) is 23.5. The largest absolute Gasteiger partial charge is 0.539 e. The molecule has 0 spiro atoms. The number of carbonyl (C=O) groups excluding carboxylic acids is 1. The van der Waals surface area contributed by atoms with Gasteiger partial charge in [-0.2, -0.15) is 0 Å². The minimum Gasteiger partial charge on any atom is -0.539 e. The van der Waals surface area contributed by atoms with Gasteiger partial charge in [0.2, 0.25) is 0 Å². The number of hydrogen-bond donors (Lipinski definition) is 1. The molecule has 48 heavy (non-hydrogen) atoms. The monoisotopic (exact) mass is 670 g/mol. The minimum atomic E-state index is -2.07. The Labute approximate surface area is 285 Å². The lowest BCUT2D eigenvalue weighted by Gasteiger charge is -2.27. The molecule has 0 heterocycles. The zero-order chi connectivity index (χ0) is 34.0. The molecule has 6 aromatic rings. The predicted octanol–water partition coefficient (Wildman–Crippen LogP) is 6.05. The number of carboxylic acids is 2. The van der Waals surface area contributed by atoms with Crippen molar-refractivity contribution < 1.29 is 19.8 Å². The maximum absolute atomic E-state index is 9.04. The average molecular weight is 671 g/mol. The van der Waals surface area contributed by atoms with Crippen LogP contribution in [0.3, 0.4) is 0 Å². The Morgan fingerprint density at radius 1 is 0.521 bits per heavy atom. The van der Waals surface area contributed by atoms with Crippen molar-refractivity contribution in [1.29, 1.82) is 0 Å². The van der Waals surface area contributed by atoms with Gasteiger partial charge in [0, 0.05) is 0 Å². The Morgan fingerprint density at radius 3 is 1.00 bits per heavy atom. The van der Waals surface area contributed by atoms with Gasteiger partial charge < -0.3 is 15.0 Å². The summed E-state index contributed by atoms with van der Waals surface area (Å²) in [6.45, 7) is 2.29. The topological polar surface area (TPSA) is 77.4 Å². The molecule has 0 bridgehead atoms. The third-order valence-electron chi connectivity index (χ3n) is 7.66. The first-order valence-corrected chi connectivity index (χ1v) is 19.2. The number of benzene rings is 6. The SMILES string of the molecule is CCCC[P+](c1ccccc1)(c1ccccc1)c1ccccc1.O=C([O-])C(=O)O.c1ccc(P(c2ccccc2)c2ccccc2)cc1. The van der Waals surface area contributed by atoms with Crippen LogP contribution in [-0.4, -0.2) is 23.2 Å². The van der Waals surface area contributed by atoms with Gasteiger partial charge in [-0.25, -0.2) is 4.79 Å². The summed E-state index contributed by atoms with van der Waals surface area (Å²) < 4.78 is 0. The molecule has 0 aromatic heterocycles. The molecule has 0 fully saturated rings. The third-order valence-corrected chi connectivity index (χ3v) is 14.6. The van der Waals surface area contributed by atoms with Crippen LogP contribution in [0.2, 0.25) is 0 Å². The standard InChI is InChI=1S/C22H24P.C18H15P.C2H2O4/c1-2-3-19-23(20-13-7-4-8-14-20,21-15-9-5-10-16-21)22-17-11-6-12-18-22;1-4-10-16(11-5-1)19(17-12-6-2-7-13-17)18-14-8-3-9-15-18;3-1(4)2(5)6/h4-18H,2-3,19H2,1H3;1-15H;(H,3,4)(H,5,6)/q+1;;/p-1. The zero-order valence-electron chi connectivity index (χ0n) is 27.0. The van der Waals surface area contributed by atoms with E-state index in [1.54, 1.807) is 0 Å². The van der Waals surface area contributed by atoms with Gasteiger partial charge in [-0.05, 0) is 66.7 Å². The lowest BCUT2D eigenvalue weighted by Crippen LogP contribution is -2.33. The van der Waals surface area contributed by atoms with Crippen LogP contribution in [0.4, 0.5) is 0 Å². The summed E-state index contributed by atoms with van der Waals surface area (Å²) >= 11 is 0. The number of aliphatic carboxylic acids is 2. The molecule has 1 N–H and O–H groups in total. The van der Waals surface area contributed by atoms with Crippen LogP contribution in [0.5, 0.6) is 0 Å². The molecule has 6 aromatic carbocycles. The molecule has 0 radical (unpaired) electrons. The second-order valence-electron chi connectivity index (χ2n) is 10.8. The maximum atomic E-state index is 9.04. The second kappa shape index (κ2) is 19.1. The van der Waals surface area contributed by atoms with Gasteiger partial charge in [0.25, 0.3) is 0 Å². The van der Waals surface area contributed by atoms with Gasteiger partial charge in [0.1, 0.15) is 23.2 Å². The lowest BCUT2D eigenvalue weighted by atomic mass is 10.3. The van der Waals surface area contributed by atoms with Gasteiger partial charge in [-0.3, -0.25) is 0 Å². The van der Waals surface area contributed by atoms with Gasteiger partial charge in [0.05, 0.1) is 6.16 Å². The smallest absolute Gasteiger partial charge is 0.351 e. The van der Waals surface area contributed by atoms with E-state index in [1.807, 2.05) is 0 Å². The first-order valence-electron chi connectivity index (χ1n) is 15.9. The van der Waals surface area contributed by atoms with Crippen LogP contribution in [0, 0.1) is 0 Å². The number of carboxylic acid groups (broad SMARTS) is 2. The van der Waals surface area contributed by atoms with Crippen LogP contribution >= 0.6 is 15.2 Å². The third kappa shape index (κ3) is 9.81. The van der Waals surface area contributed by atoms with Crippen molar-refractivity contribution in [3.63, 3.8) is 0 Å². The molecule has 6 heteroatoms. The Bertz CT molecular complexity index is 1580. The van der Waals surface area contributed by atoms with E-state index in [9.17, 15) is 0 Å². The summed E-state index contributed by atoms with van der Waals surface area (Å²) in [5.74, 6) is -4.01. The van der Waals surface area contributed by atoms with Gasteiger partial charge in [0.15, 0.2) is 5.97 Å². The van der Waals surface area contributed by atoms with E-state index < -0.39 is 27.1 Å². The number of hydrogen-bond acceptors (Lipinski definition) is 3. The van der Waals surface area contributed by atoms with E-state index in [1.165, 1.54) is 50.8 Å². The van der Waals surface area contributed by atoms with Crippen LogP contribution in [-0.2, 0) is 9.59 Å². The van der Waals surface area contributed by atoms with Crippen LogP contribution < -0.4 is 36.9 Å². The Balaban J connectivity index is 0.000000188. The van der Waals surface area contributed by atoms with Gasteiger partial charge >= 0.3 is 5.97 Å². The molecule has 0 aliphatic heterocycles. The van der Waals surface area contributed by atoms with E-state index >= 15 is 0 Å². The number of unbranched alkanes of at least 4 members (excludes halogenated alkanes) is 1. The molecule has 0 unspecified atom stereocenters. The summed E-state index contributed by atoms with van der Waals surface area (Å²) in [5.41, 5.74) is 0. The highest BCUT2D eigenvalue weighted by atomic mass is 31.2. The highest BCUT2D eigenvalue weighted by Crippen LogP contribution is 2.55. The van der Waals surface area contributed by atoms with Crippen molar-refractivity contribution in [3.8, 4) is 0 Å². The molecule has 4 nitrogen and oxygen atoms in total. The van der Waals surface area contributed by atoms with Crippen molar-refractivity contribution >= 4 is 58.9 Å². The lowest BCUT2D eigenvalue weighted by molar-refractivity contribution is -0.303. The van der Waals surface area contributed by atoms with Crippen molar-refractivity contribution in [2.24, 2.45) is 0 Å². The molecule has 0 atom stereocenters. The molecule has 242 valence electrons. The molecule has 6 rings (SSSR count).